The van der Waals surface area contributed by atoms with Crippen molar-refractivity contribution in [2.45, 2.75) is 63.6 Å². The van der Waals surface area contributed by atoms with Crippen molar-refractivity contribution in [2.75, 3.05) is 21.0 Å². The summed E-state index contributed by atoms with van der Waals surface area (Å²) >= 11 is 0. The highest BCUT2D eigenvalue weighted by Crippen LogP contribution is 2.38. The Morgan fingerprint density at radius 1 is 1.07 bits per heavy atom. The van der Waals surface area contributed by atoms with E-state index < -0.39 is 54.2 Å². The summed E-state index contributed by atoms with van der Waals surface area (Å²) in [6.45, 7) is 4.20. The van der Waals surface area contributed by atoms with Gasteiger partial charge < -0.3 is 33.2 Å². The number of fused-ring (bicyclic) bond motifs is 2. The van der Waals surface area contributed by atoms with E-state index in [-0.39, 0.29) is 35.7 Å². The van der Waals surface area contributed by atoms with Crippen molar-refractivity contribution < 1.29 is 55.9 Å². The Kier molecular flexibility index (Phi) is 10.4. The second-order valence-corrected chi connectivity index (χ2v) is 10.7. The molecule has 0 radical (unpaired) electrons. The zero-order valence-electron chi connectivity index (χ0n) is 25.0. The fraction of sp³-hybridized carbons (Fsp3) is 0.438. The van der Waals surface area contributed by atoms with Gasteiger partial charge in [-0.3, -0.25) is 0 Å². The van der Waals surface area contributed by atoms with E-state index in [1.807, 2.05) is 0 Å². The maximum absolute atomic E-state index is 14.4. The number of rotatable bonds is 6. The molecule has 2 aromatic carbocycles. The largest absolute Gasteiger partial charge is 0.497 e. The number of carbonyl (C=O) groups is 2. The molecular formula is C32H35F3O9. The summed E-state index contributed by atoms with van der Waals surface area (Å²) in [4.78, 5) is 26.5. The van der Waals surface area contributed by atoms with Crippen LogP contribution in [0.2, 0.25) is 0 Å². The van der Waals surface area contributed by atoms with Gasteiger partial charge in [0, 0.05) is 13.2 Å². The van der Waals surface area contributed by atoms with Crippen molar-refractivity contribution in [3.8, 4) is 11.5 Å². The molecule has 0 aliphatic carbocycles. The van der Waals surface area contributed by atoms with Crippen LogP contribution in [0, 0.1) is 5.92 Å². The van der Waals surface area contributed by atoms with Crippen molar-refractivity contribution in [3.05, 3.63) is 77.4 Å². The van der Waals surface area contributed by atoms with E-state index in [0.29, 0.717) is 5.75 Å². The Labute approximate surface area is 253 Å². The molecular weight excluding hydrogens is 585 g/mol. The van der Waals surface area contributed by atoms with Crippen LogP contribution in [-0.2, 0) is 23.7 Å². The minimum atomic E-state index is -4.83. The lowest BCUT2D eigenvalue weighted by atomic mass is 9.97. The quantitative estimate of drug-likeness (QED) is 0.215. The lowest BCUT2D eigenvalue weighted by molar-refractivity contribution is -0.182. The van der Waals surface area contributed by atoms with Gasteiger partial charge in [0.15, 0.2) is 12.6 Å². The van der Waals surface area contributed by atoms with E-state index in [9.17, 15) is 22.8 Å². The summed E-state index contributed by atoms with van der Waals surface area (Å²) in [5, 5.41) is 0. The van der Waals surface area contributed by atoms with Crippen molar-refractivity contribution in [2.24, 2.45) is 5.92 Å². The number of esters is 2. The van der Waals surface area contributed by atoms with Crippen LogP contribution in [0.25, 0.3) is 6.08 Å². The zero-order valence-corrected chi connectivity index (χ0v) is 25.0. The number of hydrogen-bond acceptors (Lipinski definition) is 9. The van der Waals surface area contributed by atoms with E-state index in [0.717, 1.165) is 19.1 Å². The average molecular weight is 621 g/mol. The fourth-order valence-electron chi connectivity index (χ4n) is 5.01. The number of carbonyl (C=O) groups excluding carboxylic acids is 2. The Morgan fingerprint density at radius 2 is 1.80 bits per heavy atom. The number of ether oxygens (including phenoxy) is 7. The molecule has 5 atom stereocenters. The third-order valence-corrected chi connectivity index (χ3v) is 7.03. The number of hydrogen-bond donors (Lipinski definition) is 0. The molecule has 0 aromatic heterocycles. The van der Waals surface area contributed by atoms with Gasteiger partial charge >= 0.3 is 18.1 Å². The van der Waals surface area contributed by atoms with Crippen LogP contribution >= 0.6 is 0 Å². The van der Waals surface area contributed by atoms with E-state index in [2.05, 4.69) is 0 Å². The monoisotopic (exact) mass is 620 g/mol. The zero-order chi connectivity index (χ0) is 32.1. The van der Waals surface area contributed by atoms with Crippen LogP contribution in [0.5, 0.6) is 11.5 Å². The Balaban J connectivity index is 1.82. The first-order chi connectivity index (χ1) is 20.8. The SMILES string of the molecule is COCOc1cc(OC)cc2c1C(=O)OC(C)C(C(F)(F)F)/C=C\C(OC(=O)c1ccccc1)[C@H]1OC(C)(C)O[C@H]1CC=C2. The predicted octanol–water partition coefficient (Wildman–Crippen LogP) is 6.12. The van der Waals surface area contributed by atoms with Gasteiger partial charge in [0.2, 0.25) is 0 Å². The Hall–Kier alpha value is -3.87. The summed E-state index contributed by atoms with van der Waals surface area (Å²) in [5.41, 5.74) is 0.371. The number of methoxy groups -OCH3 is 2. The van der Waals surface area contributed by atoms with Gasteiger partial charge in [-0.05, 0) is 57.0 Å². The van der Waals surface area contributed by atoms with Gasteiger partial charge in [0.05, 0.1) is 18.8 Å². The summed E-state index contributed by atoms with van der Waals surface area (Å²) in [6, 6.07) is 11.0. The van der Waals surface area contributed by atoms with Gasteiger partial charge in [-0.1, -0.05) is 36.4 Å². The van der Waals surface area contributed by atoms with Gasteiger partial charge in [-0.15, -0.1) is 0 Å². The minimum Gasteiger partial charge on any atom is -0.497 e. The minimum absolute atomic E-state index is 0.00147. The predicted molar refractivity (Wildman–Crippen MR) is 152 cm³/mol. The van der Waals surface area contributed by atoms with E-state index in [4.69, 9.17) is 33.2 Å². The lowest BCUT2D eigenvalue weighted by Gasteiger charge is -2.27. The highest BCUT2D eigenvalue weighted by atomic mass is 19.4. The molecule has 0 N–H and O–H groups in total. The molecule has 0 spiro atoms. The van der Waals surface area contributed by atoms with Crippen LogP contribution in [0.4, 0.5) is 13.2 Å². The molecule has 2 aromatic rings. The highest BCUT2D eigenvalue weighted by molar-refractivity contribution is 5.97. The first-order valence-corrected chi connectivity index (χ1v) is 13.9. The first-order valence-electron chi connectivity index (χ1n) is 13.9. The smallest absolute Gasteiger partial charge is 0.398 e. The molecule has 2 aliphatic heterocycles. The van der Waals surface area contributed by atoms with Crippen molar-refractivity contribution in [3.63, 3.8) is 0 Å². The first kappa shape index (κ1) is 33.0. The van der Waals surface area contributed by atoms with E-state index in [1.165, 1.54) is 38.5 Å². The highest BCUT2D eigenvalue weighted by Gasteiger charge is 2.47. The maximum Gasteiger partial charge on any atom is 0.398 e. The molecule has 0 bridgehead atoms. The second kappa shape index (κ2) is 13.8. The summed E-state index contributed by atoms with van der Waals surface area (Å²) in [5.74, 6) is -4.87. The Morgan fingerprint density at radius 3 is 2.45 bits per heavy atom. The topological polar surface area (TPSA) is 98.8 Å². The molecule has 0 saturated carbocycles. The lowest BCUT2D eigenvalue weighted by Crippen LogP contribution is -2.39. The third kappa shape index (κ3) is 7.99. The molecule has 3 unspecified atom stereocenters. The molecule has 44 heavy (non-hydrogen) atoms. The molecule has 0 amide bonds. The summed E-state index contributed by atoms with van der Waals surface area (Å²) < 4.78 is 82.4. The number of cyclic esters (lactones) is 1. The second-order valence-electron chi connectivity index (χ2n) is 10.7. The normalized spacial score (nSPS) is 26.0. The molecule has 2 heterocycles. The van der Waals surface area contributed by atoms with Crippen molar-refractivity contribution in [1.29, 1.82) is 0 Å². The van der Waals surface area contributed by atoms with Gasteiger partial charge in [-0.2, -0.15) is 13.2 Å². The molecule has 4 rings (SSSR count). The molecule has 238 valence electrons. The van der Waals surface area contributed by atoms with Crippen LogP contribution < -0.4 is 9.47 Å². The molecule has 9 nitrogen and oxygen atoms in total. The van der Waals surface area contributed by atoms with Crippen LogP contribution in [0.3, 0.4) is 0 Å². The van der Waals surface area contributed by atoms with E-state index >= 15 is 0 Å². The summed E-state index contributed by atoms with van der Waals surface area (Å²) in [7, 11) is 2.80. The van der Waals surface area contributed by atoms with Crippen LogP contribution in [0.15, 0.2) is 60.7 Å². The number of alkyl halides is 3. The van der Waals surface area contributed by atoms with Gasteiger partial charge in [0.25, 0.3) is 0 Å². The van der Waals surface area contributed by atoms with E-state index in [1.54, 1.807) is 44.2 Å². The average Bonchev–Trinajstić information content (AvgIpc) is 3.28. The maximum atomic E-state index is 14.4. The molecule has 1 saturated heterocycles. The molecule has 12 heteroatoms. The van der Waals surface area contributed by atoms with Crippen molar-refractivity contribution in [1.82, 2.24) is 0 Å². The molecule has 2 aliphatic rings. The fourth-order valence-corrected chi connectivity index (χ4v) is 5.01. The number of halogens is 3. The van der Waals surface area contributed by atoms with Gasteiger partial charge in [0.1, 0.15) is 41.3 Å². The van der Waals surface area contributed by atoms with Crippen molar-refractivity contribution >= 4 is 18.0 Å². The third-order valence-electron chi connectivity index (χ3n) is 7.03. The Bertz CT molecular complexity index is 1370. The van der Waals surface area contributed by atoms with Crippen LogP contribution in [-0.4, -0.2) is 69.3 Å². The van der Waals surface area contributed by atoms with Crippen LogP contribution in [0.1, 0.15) is 53.5 Å². The molecule has 1 fully saturated rings. The number of benzene rings is 2. The standard InChI is InChI=1S/C32H35F3O9/c1-19-23(32(33,34)35)14-15-24(42-29(36)20-10-7-6-8-11-20)28-25(43-31(2,3)44-28)13-9-12-21-16-22(39-5)17-26(40-18-38-4)27(21)30(37)41-19/h6-12,14-17,19,23-25,28H,13,18H2,1-5H3/b12-9?,15-14-/t19?,23?,24?,25-,28+/m0/s1. The summed E-state index contributed by atoms with van der Waals surface area (Å²) in [6.07, 6.45) is -4.09. The van der Waals surface area contributed by atoms with Gasteiger partial charge in [-0.25, -0.2) is 9.59 Å².